The third-order valence-electron chi connectivity index (χ3n) is 1.05. The van der Waals surface area contributed by atoms with E-state index in [2.05, 4.69) is 21.1 Å². The molecule has 1 unspecified atom stereocenters. The highest BCUT2D eigenvalue weighted by Gasteiger charge is 2.24. The lowest BCUT2D eigenvalue weighted by Crippen LogP contribution is -2.26. The maximum atomic E-state index is 10.7. The first-order valence-electron chi connectivity index (χ1n) is 3.92. The van der Waals surface area contributed by atoms with Crippen LogP contribution in [0.15, 0.2) is 0 Å². The minimum absolute atomic E-state index is 0.623. The van der Waals surface area contributed by atoms with Crippen molar-refractivity contribution < 1.29 is 23.5 Å². The molecule has 0 saturated carbocycles. The fraction of sp³-hybridized carbons (Fsp3) is 0.625. The van der Waals surface area contributed by atoms with Crippen molar-refractivity contribution in [1.82, 2.24) is 0 Å². The highest BCUT2D eigenvalue weighted by atomic mass is 31.1. The van der Waals surface area contributed by atoms with E-state index in [4.69, 9.17) is 0 Å². The summed E-state index contributed by atoms with van der Waals surface area (Å²) in [5, 5.41) is 0. The van der Waals surface area contributed by atoms with Gasteiger partial charge in [0, 0.05) is 6.42 Å². The Kier molecular flexibility index (Phi) is 5.14. The Balaban J connectivity index is 4.21. The predicted molar refractivity (Wildman–Crippen MR) is 47.3 cm³/mol. The molecule has 0 aliphatic carbocycles. The van der Waals surface area contributed by atoms with Gasteiger partial charge >= 0.3 is 14.4 Å². The van der Waals surface area contributed by atoms with E-state index in [0.29, 0.717) is 6.42 Å². The van der Waals surface area contributed by atoms with Crippen LogP contribution in [0.2, 0.25) is 0 Å². The minimum atomic E-state index is -3.23. The summed E-state index contributed by atoms with van der Waals surface area (Å²) in [5.41, 5.74) is -1.04. The third-order valence-corrected chi connectivity index (χ3v) is 1.35. The molecule has 14 heavy (non-hydrogen) atoms. The van der Waals surface area contributed by atoms with Crippen LogP contribution in [0.25, 0.3) is 0 Å². The maximum Gasteiger partial charge on any atom is 0.557 e. The summed E-state index contributed by atoms with van der Waals surface area (Å²) in [4.78, 5) is 20.7. The Morgan fingerprint density at radius 1 is 1.57 bits per heavy atom. The molecular weight excluding hydrogens is 207 g/mol. The van der Waals surface area contributed by atoms with Gasteiger partial charge in [-0.1, -0.05) is 18.8 Å². The summed E-state index contributed by atoms with van der Waals surface area (Å²) < 4.78 is 18.4. The second-order valence-electron chi connectivity index (χ2n) is 2.83. The summed E-state index contributed by atoms with van der Waals surface area (Å²) in [6.07, 6.45) is -0.644. The zero-order valence-corrected chi connectivity index (χ0v) is 9.09. The molecule has 0 aromatic heterocycles. The van der Waals surface area contributed by atoms with Gasteiger partial charge in [0.2, 0.25) is 0 Å². The molecule has 1 atom stereocenters. The molecule has 0 saturated heterocycles. The number of hydrogen-bond donors (Lipinski definition) is 0. The van der Waals surface area contributed by atoms with E-state index in [-0.39, 0.29) is 0 Å². The minimum Gasteiger partial charge on any atom is -0.558 e. The number of rotatable bonds is 2. The number of ether oxygens (including phenoxy) is 1. The van der Waals surface area contributed by atoms with Gasteiger partial charge in [0.15, 0.2) is 5.60 Å². The van der Waals surface area contributed by atoms with Crippen molar-refractivity contribution in [3.63, 3.8) is 0 Å². The second kappa shape index (κ2) is 5.58. The normalized spacial score (nSPS) is 11.0. The highest BCUT2D eigenvalue weighted by molar-refractivity contribution is 7.31. The average Bonchev–Trinajstić information content (AvgIpc) is 1.98. The van der Waals surface area contributed by atoms with Crippen molar-refractivity contribution >= 4 is 14.4 Å². The van der Waals surface area contributed by atoms with E-state index >= 15 is 0 Å². The van der Waals surface area contributed by atoms with Gasteiger partial charge in [-0.3, -0.25) is 0 Å². The Bertz CT molecular complexity index is 286. The maximum absolute atomic E-state index is 10.7. The summed E-state index contributed by atoms with van der Waals surface area (Å²) in [6, 6.07) is 0. The smallest absolute Gasteiger partial charge is 0.557 e. The van der Waals surface area contributed by atoms with Crippen LogP contribution in [0.3, 0.4) is 0 Å². The standard InChI is InChI=1S/C8H11O5P/c1-4-5-6-8(2,3)12-7(9)13-14(10)11/h4H2,1-3H3. The van der Waals surface area contributed by atoms with Crippen LogP contribution in [0.1, 0.15) is 27.2 Å². The van der Waals surface area contributed by atoms with Gasteiger partial charge in [-0.2, -0.15) is 9.32 Å². The van der Waals surface area contributed by atoms with Crippen LogP contribution in [0.5, 0.6) is 0 Å². The molecule has 0 amide bonds. The number of carbonyl (C=O) groups excluding carboxylic acids is 1. The Morgan fingerprint density at radius 2 is 2.14 bits per heavy atom. The summed E-state index contributed by atoms with van der Waals surface area (Å²) >= 11 is 0. The fourth-order valence-corrected chi connectivity index (χ4v) is 0.774. The molecule has 5 nitrogen and oxygen atoms in total. The monoisotopic (exact) mass is 218 g/mol. The van der Waals surface area contributed by atoms with Crippen molar-refractivity contribution in [3.8, 4) is 11.8 Å². The number of carbonyl (C=O) groups is 1. The molecule has 0 aliphatic heterocycles. The van der Waals surface area contributed by atoms with E-state index in [1.165, 1.54) is 13.8 Å². The highest BCUT2D eigenvalue weighted by Crippen LogP contribution is 2.15. The quantitative estimate of drug-likeness (QED) is 0.397. The van der Waals surface area contributed by atoms with Gasteiger partial charge in [0.05, 0.1) is 0 Å². The van der Waals surface area contributed by atoms with Crippen LogP contribution < -0.4 is 4.89 Å². The van der Waals surface area contributed by atoms with E-state index < -0.39 is 20.0 Å². The van der Waals surface area contributed by atoms with E-state index in [0.717, 1.165) is 0 Å². The first-order valence-corrected chi connectivity index (χ1v) is 5.02. The molecule has 6 heteroatoms. The lowest BCUT2D eigenvalue weighted by molar-refractivity contribution is -0.182. The molecule has 0 radical (unpaired) electrons. The molecular formula is C8H11O5P. The molecule has 0 N–H and O–H groups in total. The third kappa shape index (κ3) is 6.41. The van der Waals surface area contributed by atoms with Gasteiger partial charge in [0.25, 0.3) is 0 Å². The van der Waals surface area contributed by atoms with Gasteiger partial charge < -0.3 is 9.63 Å². The van der Waals surface area contributed by atoms with Crippen molar-refractivity contribution in [3.05, 3.63) is 0 Å². The molecule has 0 rings (SSSR count). The molecule has 0 aromatic rings. The van der Waals surface area contributed by atoms with E-state index in [1.807, 2.05) is 6.92 Å². The summed E-state index contributed by atoms with van der Waals surface area (Å²) in [6.45, 7) is 4.92. The molecule has 0 heterocycles. The van der Waals surface area contributed by atoms with Crippen LogP contribution in [0.4, 0.5) is 4.79 Å². The van der Waals surface area contributed by atoms with Gasteiger partial charge in [-0.15, -0.1) is 0 Å². The zero-order chi connectivity index (χ0) is 11.2. The predicted octanol–water partition coefficient (Wildman–Crippen LogP) is 1.35. The van der Waals surface area contributed by atoms with Crippen molar-refractivity contribution in [2.24, 2.45) is 0 Å². The number of hydrogen-bond acceptors (Lipinski definition) is 5. The van der Waals surface area contributed by atoms with Crippen LogP contribution in [0, 0.1) is 11.8 Å². The van der Waals surface area contributed by atoms with Crippen LogP contribution in [-0.2, 0) is 13.8 Å². The molecule has 78 valence electrons. The molecule has 0 fully saturated rings. The van der Waals surface area contributed by atoms with E-state index in [9.17, 15) is 14.3 Å². The Hall–Kier alpha value is -1.11. The Morgan fingerprint density at radius 3 is 2.57 bits per heavy atom. The van der Waals surface area contributed by atoms with E-state index in [1.54, 1.807) is 0 Å². The molecule has 0 spiro atoms. The van der Waals surface area contributed by atoms with Crippen LogP contribution in [-0.4, -0.2) is 11.8 Å². The lowest BCUT2D eigenvalue weighted by Gasteiger charge is -2.15. The molecule has 0 aliphatic rings. The van der Waals surface area contributed by atoms with Crippen molar-refractivity contribution in [2.75, 3.05) is 0 Å². The SMILES string of the molecule is CCC#CC(C)(C)OC(=O)O[P+](=O)[O-]. The molecule has 0 bridgehead atoms. The average molecular weight is 218 g/mol. The van der Waals surface area contributed by atoms with Gasteiger partial charge in [0.1, 0.15) is 0 Å². The topological polar surface area (TPSA) is 75.7 Å². The van der Waals surface area contributed by atoms with Gasteiger partial charge in [-0.05, 0) is 18.4 Å². The first kappa shape index (κ1) is 12.9. The second-order valence-corrected chi connectivity index (χ2v) is 3.46. The van der Waals surface area contributed by atoms with Crippen molar-refractivity contribution in [2.45, 2.75) is 32.8 Å². The van der Waals surface area contributed by atoms with Crippen molar-refractivity contribution in [1.29, 1.82) is 0 Å². The molecule has 0 aromatic carbocycles. The summed E-state index contributed by atoms with van der Waals surface area (Å²) in [5.74, 6) is 5.36. The summed E-state index contributed by atoms with van der Waals surface area (Å²) in [7, 11) is -3.23. The Labute approximate surface area is 83.4 Å². The lowest BCUT2D eigenvalue weighted by atomic mass is 10.1. The largest absolute Gasteiger partial charge is 0.558 e. The van der Waals surface area contributed by atoms with Crippen LogP contribution >= 0.6 is 8.25 Å². The first-order chi connectivity index (χ1) is 6.37. The zero-order valence-electron chi connectivity index (χ0n) is 8.20. The van der Waals surface area contributed by atoms with Gasteiger partial charge in [-0.25, -0.2) is 0 Å². The fourth-order valence-electron chi connectivity index (χ4n) is 0.615.